The molecule has 100 valence electrons. The minimum atomic E-state index is -0.200. The number of halogens is 2. The van der Waals surface area contributed by atoms with Gasteiger partial charge >= 0.3 is 0 Å². The van der Waals surface area contributed by atoms with Crippen LogP contribution in [0.1, 0.15) is 5.56 Å². The highest BCUT2D eigenvalue weighted by atomic mass is 79.9. The number of nitrogens with two attached hydrogens (primary N) is 1. The molecule has 0 fully saturated rings. The van der Waals surface area contributed by atoms with Crippen molar-refractivity contribution in [2.75, 3.05) is 5.75 Å². The highest BCUT2D eigenvalue weighted by molar-refractivity contribution is 9.10. The number of benzene rings is 2. The van der Waals surface area contributed by atoms with E-state index in [1.165, 1.54) is 11.0 Å². The Hall–Kier alpha value is -0.840. The molecular weight excluding hydrogens is 325 g/mol. The summed E-state index contributed by atoms with van der Waals surface area (Å²) >= 11 is 4.95. The fraction of sp³-hybridized carbons (Fsp3) is 0.200. The van der Waals surface area contributed by atoms with Gasteiger partial charge in [0, 0.05) is 21.2 Å². The Morgan fingerprint density at radius 3 is 2.58 bits per heavy atom. The normalized spacial score (nSPS) is 12.4. The summed E-state index contributed by atoms with van der Waals surface area (Å²) in [4.78, 5) is 1.19. The highest BCUT2D eigenvalue weighted by Gasteiger charge is 2.09. The number of hydrogen-bond donors (Lipinski definition) is 1. The number of thioether (sulfide) groups is 1. The lowest BCUT2D eigenvalue weighted by Gasteiger charge is -2.12. The van der Waals surface area contributed by atoms with Crippen LogP contribution in [0.3, 0.4) is 0 Å². The largest absolute Gasteiger partial charge is 0.327 e. The van der Waals surface area contributed by atoms with Gasteiger partial charge in [0.2, 0.25) is 0 Å². The lowest BCUT2D eigenvalue weighted by molar-refractivity contribution is 0.596. The monoisotopic (exact) mass is 339 g/mol. The molecule has 1 atom stereocenters. The van der Waals surface area contributed by atoms with Crippen LogP contribution >= 0.6 is 27.7 Å². The van der Waals surface area contributed by atoms with Gasteiger partial charge in [0.25, 0.3) is 0 Å². The highest BCUT2D eigenvalue weighted by Crippen LogP contribution is 2.20. The van der Waals surface area contributed by atoms with Crippen molar-refractivity contribution in [3.63, 3.8) is 0 Å². The van der Waals surface area contributed by atoms with Crippen molar-refractivity contribution in [2.24, 2.45) is 5.73 Å². The zero-order chi connectivity index (χ0) is 13.7. The van der Waals surface area contributed by atoms with E-state index in [2.05, 4.69) is 28.1 Å². The van der Waals surface area contributed by atoms with Gasteiger partial charge in [-0.15, -0.1) is 11.8 Å². The summed E-state index contributed by atoms with van der Waals surface area (Å²) in [7, 11) is 0. The van der Waals surface area contributed by atoms with Crippen LogP contribution in [0.2, 0.25) is 0 Å². The summed E-state index contributed by atoms with van der Waals surface area (Å²) in [5.74, 6) is 0.578. The van der Waals surface area contributed by atoms with Crippen LogP contribution in [0.15, 0.2) is 57.9 Å². The molecule has 0 aromatic heterocycles. The van der Waals surface area contributed by atoms with Crippen LogP contribution in [0.5, 0.6) is 0 Å². The maximum atomic E-state index is 13.7. The van der Waals surface area contributed by atoms with Crippen molar-refractivity contribution in [2.45, 2.75) is 17.4 Å². The minimum Gasteiger partial charge on any atom is -0.327 e. The Kier molecular flexibility index (Phi) is 5.43. The van der Waals surface area contributed by atoms with Gasteiger partial charge in [-0.1, -0.05) is 40.2 Å². The van der Waals surface area contributed by atoms with Crippen molar-refractivity contribution in [1.82, 2.24) is 0 Å². The molecule has 0 saturated carbocycles. The SMILES string of the molecule is NC(CSc1ccccc1)Cc1ccc(Br)cc1F. The molecule has 2 N–H and O–H groups in total. The molecule has 1 unspecified atom stereocenters. The van der Waals surface area contributed by atoms with E-state index in [-0.39, 0.29) is 11.9 Å². The first kappa shape index (κ1) is 14.6. The first-order valence-electron chi connectivity index (χ1n) is 6.02. The Morgan fingerprint density at radius 2 is 1.89 bits per heavy atom. The molecule has 1 nitrogen and oxygen atoms in total. The number of hydrogen-bond acceptors (Lipinski definition) is 2. The molecule has 0 aliphatic heterocycles. The third-order valence-corrected chi connectivity index (χ3v) is 4.40. The second-order valence-corrected chi connectivity index (χ2v) is 6.33. The summed E-state index contributed by atoms with van der Waals surface area (Å²) in [5, 5.41) is 0. The Labute approximate surface area is 125 Å². The molecule has 0 saturated heterocycles. The summed E-state index contributed by atoms with van der Waals surface area (Å²) in [5.41, 5.74) is 6.73. The van der Waals surface area contributed by atoms with Gasteiger partial charge in [-0.25, -0.2) is 4.39 Å². The van der Waals surface area contributed by atoms with Crippen LogP contribution in [-0.2, 0) is 6.42 Å². The van der Waals surface area contributed by atoms with Gasteiger partial charge in [-0.05, 0) is 36.2 Å². The first-order valence-corrected chi connectivity index (χ1v) is 7.80. The van der Waals surface area contributed by atoms with E-state index >= 15 is 0 Å². The molecule has 2 aromatic rings. The van der Waals surface area contributed by atoms with Crippen LogP contribution in [-0.4, -0.2) is 11.8 Å². The Bertz CT molecular complexity index is 533. The van der Waals surface area contributed by atoms with E-state index < -0.39 is 0 Å². The standard InChI is InChI=1S/C15H15BrFNS/c16-12-7-6-11(15(17)9-12)8-13(18)10-19-14-4-2-1-3-5-14/h1-7,9,13H,8,10,18H2. The van der Waals surface area contributed by atoms with Crippen molar-refractivity contribution in [3.05, 3.63) is 64.4 Å². The average Bonchev–Trinajstić information content (AvgIpc) is 2.41. The smallest absolute Gasteiger partial charge is 0.127 e. The van der Waals surface area contributed by atoms with Crippen molar-refractivity contribution in [3.8, 4) is 0 Å². The molecule has 0 aliphatic rings. The Balaban J connectivity index is 1.89. The molecule has 2 aromatic carbocycles. The zero-order valence-corrected chi connectivity index (χ0v) is 12.8. The lowest BCUT2D eigenvalue weighted by Crippen LogP contribution is -2.26. The van der Waals surface area contributed by atoms with Gasteiger partial charge in [0.15, 0.2) is 0 Å². The number of rotatable bonds is 5. The van der Waals surface area contributed by atoms with Crippen molar-refractivity contribution < 1.29 is 4.39 Å². The molecule has 0 heterocycles. The predicted molar refractivity (Wildman–Crippen MR) is 82.9 cm³/mol. The molecule has 0 amide bonds. The van der Waals surface area contributed by atoms with Crippen LogP contribution in [0.4, 0.5) is 4.39 Å². The van der Waals surface area contributed by atoms with Crippen molar-refractivity contribution in [1.29, 1.82) is 0 Å². The average molecular weight is 340 g/mol. The van der Waals surface area contributed by atoms with E-state index in [1.807, 2.05) is 24.3 Å². The molecular formula is C15H15BrFNS. The van der Waals surface area contributed by atoms with Gasteiger partial charge < -0.3 is 5.73 Å². The zero-order valence-electron chi connectivity index (χ0n) is 10.4. The molecule has 2 rings (SSSR count). The second-order valence-electron chi connectivity index (χ2n) is 4.32. The third kappa shape index (κ3) is 4.64. The van der Waals surface area contributed by atoms with E-state index in [9.17, 15) is 4.39 Å². The van der Waals surface area contributed by atoms with Gasteiger partial charge in [0.1, 0.15) is 5.82 Å². The van der Waals surface area contributed by atoms with Crippen LogP contribution < -0.4 is 5.73 Å². The van der Waals surface area contributed by atoms with E-state index in [0.717, 1.165) is 10.2 Å². The second kappa shape index (κ2) is 7.08. The molecule has 0 radical (unpaired) electrons. The van der Waals surface area contributed by atoms with Gasteiger partial charge in [-0.2, -0.15) is 0 Å². The fourth-order valence-electron chi connectivity index (χ4n) is 1.75. The molecule has 4 heteroatoms. The fourth-order valence-corrected chi connectivity index (χ4v) is 2.96. The molecule has 0 spiro atoms. The van der Waals surface area contributed by atoms with Crippen molar-refractivity contribution >= 4 is 27.7 Å². The summed E-state index contributed by atoms with van der Waals surface area (Å²) in [6.45, 7) is 0. The molecule has 0 bridgehead atoms. The maximum absolute atomic E-state index is 13.7. The lowest BCUT2D eigenvalue weighted by atomic mass is 10.1. The van der Waals surface area contributed by atoms with E-state index in [1.54, 1.807) is 17.8 Å². The quantitative estimate of drug-likeness (QED) is 0.824. The third-order valence-electron chi connectivity index (χ3n) is 2.70. The van der Waals surface area contributed by atoms with Crippen LogP contribution in [0, 0.1) is 5.82 Å². The maximum Gasteiger partial charge on any atom is 0.127 e. The van der Waals surface area contributed by atoms with Crippen LogP contribution in [0.25, 0.3) is 0 Å². The topological polar surface area (TPSA) is 26.0 Å². The minimum absolute atomic E-state index is 0.0547. The summed E-state index contributed by atoms with van der Waals surface area (Å²) < 4.78 is 14.4. The first-order chi connectivity index (χ1) is 9.15. The predicted octanol–water partition coefficient (Wildman–Crippen LogP) is 4.25. The van der Waals surface area contributed by atoms with E-state index in [4.69, 9.17) is 5.73 Å². The Morgan fingerprint density at radius 1 is 1.16 bits per heavy atom. The molecule has 19 heavy (non-hydrogen) atoms. The van der Waals surface area contributed by atoms with E-state index in [0.29, 0.717) is 12.0 Å². The van der Waals surface area contributed by atoms with Gasteiger partial charge in [0.05, 0.1) is 0 Å². The van der Waals surface area contributed by atoms with Gasteiger partial charge in [-0.3, -0.25) is 0 Å². The summed E-state index contributed by atoms with van der Waals surface area (Å²) in [6, 6.07) is 15.1. The summed E-state index contributed by atoms with van der Waals surface area (Å²) in [6.07, 6.45) is 0.555. The molecule has 0 aliphatic carbocycles.